The van der Waals surface area contributed by atoms with Crippen LogP contribution in [0.5, 0.6) is 0 Å². The summed E-state index contributed by atoms with van der Waals surface area (Å²) in [6, 6.07) is 8.32. The summed E-state index contributed by atoms with van der Waals surface area (Å²) in [5.74, 6) is -0.572. The Hall–Kier alpha value is -2.39. The van der Waals surface area contributed by atoms with E-state index in [2.05, 4.69) is 4.98 Å². The van der Waals surface area contributed by atoms with Crippen molar-refractivity contribution < 1.29 is 14.6 Å². The Balaban J connectivity index is 2.63. The molecule has 0 saturated heterocycles. The van der Waals surface area contributed by atoms with Crippen LogP contribution in [0, 0.1) is 11.3 Å². The van der Waals surface area contributed by atoms with Crippen LogP contribution in [0.4, 0.5) is 0 Å². The fourth-order valence-corrected chi connectivity index (χ4v) is 2.05. The van der Waals surface area contributed by atoms with E-state index in [-0.39, 0.29) is 13.0 Å². The first-order valence-electron chi connectivity index (χ1n) is 5.73. The molecule has 0 radical (unpaired) electrons. The molecule has 0 aliphatic carbocycles. The molecule has 1 atom stereocenters. The lowest BCUT2D eigenvalue weighted by molar-refractivity contribution is -0.142. The first kappa shape index (κ1) is 13.1. The van der Waals surface area contributed by atoms with Gasteiger partial charge in [0.05, 0.1) is 30.1 Å². The van der Waals surface area contributed by atoms with E-state index in [1.165, 1.54) is 7.11 Å². The average Bonchev–Trinajstić information content (AvgIpc) is 2.74. The Morgan fingerprint density at radius 3 is 2.95 bits per heavy atom. The number of nitrogens with zero attached hydrogens (tertiary/aromatic N) is 3. The summed E-state index contributed by atoms with van der Waals surface area (Å²) < 4.78 is 6.52. The van der Waals surface area contributed by atoms with Crippen LogP contribution in [-0.2, 0) is 16.0 Å². The summed E-state index contributed by atoms with van der Waals surface area (Å²) in [6.07, 6.45) is 0.0577. The van der Waals surface area contributed by atoms with Crippen molar-refractivity contribution in [1.82, 2.24) is 9.55 Å². The Kier molecular flexibility index (Phi) is 3.78. The van der Waals surface area contributed by atoms with Crippen molar-refractivity contribution in [2.45, 2.75) is 12.5 Å². The highest BCUT2D eigenvalue weighted by Gasteiger charge is 2.24. The van der Waals surface area contributed by atoms with Gasteiger partial charge in [0, 0.05) is 7.11 Å². The molecular formula is C13H13N3O3. The number of hydrogen-bond donors (Lipinski definition) is 1. The predicted molar refractivity (Wildman–Crippen MR) is 67.6 cm³/mol. The van der Waals surface area contributed by atoms with Crippen molar-refractivity contribution in [3.8, 4) is 6.07 Å². The third-order valence-corrected chi connectivity index (χ3v) is 2.83. The lowest BCUT2D eigenvalue weighted by Crippen LogP contribution is -2.25. The standard InChI is InChI=1S/C13H13N3O3/c1-19-8-11(13(17)18)16-10-5-3-2-4-9(10)15-12(16)6-7-14/h2-5,11H,6,8H2,1H3,(H,17,18). The molecule has 1 N–H and O–H groups in total. The number of ether oxygens (including phenoxy) is 1. The topological polar surface area (TPSA) is 88.1 Å². The minimum atomic E-state index is -1.01. The molecule has 0 aliphatic heterocycles. The van der Waals surface area contributed by atoms with E-state index in [0.29, 0.717) is 16.9 Å². The number of rotatable bonds is 5. The van der Waals surface area contributed by atoms with E-state index in [9.17, 15) is 9.90 Å². The summed E-state index contributed by atoms with van der Waals surface area (Å²) in [5, 5.41) is 18.2. The highest BCUT2D eigenvalue weighted by atomic mass is 16.5. The number of carboxylic acids is 1. The molecule has 0 saturated carbocycles. The van der Waals surface area contributed by atoms with Crippen LogP contribution in [0.25, 0.3) is 11.0 Å². The molecule has 0 fully saturated rings. The largest absolute Gasteiger partial charge is 0.480 e. The highest BCUT2D eigenvalue weighted by Crippen LogP contribution is 2.22. The number of hydrogen-bond acceptors (Lipinski definition) is 4. The summed E-state index contributed by atoms with van der Waals surface area (Å²) in [4.78, 5) is 15.7. The molecule has 6 heteroatoms. The highest BCUT2D eigenvalue weighted by molar-refractivity contribution is 5.80. The van der Waals surface area contributed by atoms with E-state index in [1.54, 1.807) is 16.7 Å². The van der Waals surface area contributed by atoms with Crippen molar-refractivity contribution in [1.29, 1.82) is 5.26 Å². The van der Waals surface area contributed by atoms with Crippen LogP contribution in [0.2, 0.25) is 0 Å². The number of imidazole rings is 1. The Morgan fingerprint density at radius 1 is 1.58 bits per heavy atom. The SMILES string of the molecule is COCC(C(=O)O)n1c(CC#N)nc2ccccc21. The van der Waals surface area contributed by atoms with Gasteiger partial charge in [-0.25, -0.2) is 9.78 Å². The molecule has 98 valence electrons. The Morgan fingerprint density at radius 2 is 2.32 bits per heavy atom. The monoisotopic (exact) mass is 259 g/mol. The molecule has 0 bridgehead atoms. The van der Waals surface area contributed by atoms with Gasteiger partial charge in [0.15, 0.2) is 6.04 Å². The lowest BCUT2D eigenvalue weighted by atomic mass is 10.2. The molecule has 6 nitrogen and oxygen atoms in total. The van der Waals surface area contributed by atoms with Gasteiger partial charge in [0.2, 0.25) is 0 Å². The number of nitriles is 1. The van der Waals surface area contributed by atoms with Gasteiger partial charge in [0.1, 0.15) is 5.82 Å². The molecule has 2 aromatic rings. The maximum Gasteiger partial charge on any atom is 0.329 e. The van der Waals surface area contributed by atoms with E-state index in [0.717, 1.165) is 0 Å². The third kappa shape index (κ3) is 2.41. The van der Waals surface area contributed by atoms with Crippen LogP contribution in [-0.4, -0.2) is 34.3 Å². The smallest absolute Gasteiger partial charge is 0.329 e. The second kappa shape index (κ2) is 5.50. The number of aliphatic carboxylic acids is 1. The van der Waals surface area contributed by atoms with Crippen molar-refractivity contribution >= 4 is 17.0 Å². The molecule has 1 heterocycles. The van der Waals surface area contributed by atoms with Crippen LogP contribution < -0.4 is 0 Å². The van der Waals surface area contributed by atoms with Crippen LogP contribution in [0.15, 0.2) is 24.3 Å². The van der Waals surface area contributed by atoms with Gasteiger partial charge < -0.3 is 14.4 Å². The van der Waals surface area contributed by atoms with Gasteiger partial charge in [-0.15, -0.1) is 0 Å². The molecule has 0 amide bonds. The molecule has 0 spiro atoms. The maximum atomic E-state index is 11.4. The molecule has 0 aliphatic rings. The predicted octanol–water partition coefficient (Wildman–Crippen LogP) is 1.37. The van der Waals surface area contributed by atoms with E-state index < -0.39 is 12.0 Å². The molecule has 1 aromatic heterocycles. The second-order valence-corrected chi connectivity index (χ2v) is 4.03. The van der Waals surface area contributed by atoms with Crippen molar-refractivity contribution in [3.05, 3.63) is 30.1 Å². The summed E-state index contributed by atoms with van der Waals surface area (Å²) >= 11 is 0. The quantitative estimate of drug-likeness (QED) is 0.876. The Bertz CT molecular complexity index is 642. The minimum Gasteiger partial charge on any atom is -0.480 e. The van der Waals surface area contributed by atoms with Crippen molar-refractivity contribution in [2.24, 2.45) is 0 Å². The van der Waals surface area contributed by atoms with Gasteiger partial charge in [0.25, 0.3) is 0 Å². The fourth-order valence-electron chi connectivity index (χ4n) is 2.05. The van der Waals surface area contributed by atoms with Crippen LogP contribution >= 0.6 is 0 Å². The fraction of sp³-hybridized carbons (Fsp3) is 0.308. The first-order valence-corrected chi connectivity index (χ1v) is 5.73. The normalized spacial score (nSPS) is 12.2. The zero-order valence-corrected chi connectivity index (χ0v) is 10.4. The van der Waals surface area contributed by atoms with E-state index >= 15 is 0 Å². The molecule has 2 rings (SSSR count). The van der Waals surface area contributed by atoms with Crippen molar-refractivity contribution in [2.75, 3.05) is 13.7 Å². The number of aromatic nitrogens is 2. The van der Waals surface area contributed by atoms with Gasteiger partial charge >= 0.3 is 5.97 Å². The number of carbonyl (C=O) groups is 1. The van der Waals surface area contributed by atoms with Gasteiger partial charge in [-0.05, 0) is 12.1 Å². The van der Waals surface area contributed by atoms with Crippen LogP contribution in [0.1, 0.15) is 11.9 Å². The van der Waals surface area contributed by atoms with Gasteiger partial charge in [-0.2, -0.15) is 5.26 Å². The molecule has 1 unspecified atom stereocenters. The zero-order chi connectivity index (χ0) is 13.8. The van der Waals surface area contributed by atoms with E-state index in [1.807, 2.05) is 18.2 Å². The average molecular weight is 259 g/mol. The minimum absolute atomic E-state index is 0.0219. The van der Waals surface area contributed by atoms with Crippen LogP contribution in [0.3, 0.4) is 0 Å². The number of carboxylic acid groups (broad SMARTS) is 1. The summed E-state index contributed by atoms with van der Waals surface area (Å²) in [6.45, 7) is 0.0219. The van der Waals surface area contributed by atoms with Gasteiger partial charge in [-0.1, -0.05) is 12.1 Å². The summed E-state index contributed by atoms with van der Waals surface area (Å²) in [5.41, 5.74) is 1.37. The number of methoxy groups -OCH3 is 1. The lowest BCUT2D eigenvalue weighted by Gasteiger charge is -2.16. The summed E-state index contributed by atoms with van der Waals surface area (Å²) in [7, 11) is 1.44. The molecular weight excluding hydrogens is 246 g/mol. The van der Waals surface area contributed by atoms with E-state index in [4.69, 9.17) is 10.00 Å². The molecule has 1 aromatic carbocycles. The zero-order valence-electron chi connectivity index (χ0n) is 10.4. The maximum absolute atomic E-state index is 11.4. The van der Waals surface area contributed by atoms with Gasteiger partial charge in [-0.3, -0.25) is 0 Å². The number of para-hydroxylation sites is 2. The Labute approximate surface area is 109 Å². The third-order valence-electron chi connectivity index (χ3n) is 2.83. The second-order valence-electron chi connectivity index (χ2n) is 4.03. The number of benzene rings is 1. The molecule has 19 heavy (non-hydrogen) atoms. The number of fused-ring (bicyclic) bond motifs is 1. The first-order chi connectivity index (χ1) is 9.19. The van der Waals surface area contributed by atoms with Crippen molar-refractivity contribution in [3.63, 3.8) is 0 Å².